The first kappa shape index (κ1) is 23.8. The lowest BCUT2D eigenvalue weighted by molar-refractivity contribution is -0.0459. The molecule has 2 heterocycles. The molecule has 2 aliphatic heterocycles. The van der Waals surface area contributed by atoms with Gasteiger partial charge in [0.2, 0.25) is 10.0 Å². The maximum Gasteiger partial charge on any atom is 0.305 e. The molecule has 6 heteroatoms. The molecule has 0 spiro atoms. The largest absolute Gasteiger partial charge is 0.440 e. The van der Waals surface area contributed by atoms with Gasteiger partial charge in [-0.2, -0.15) is 4.31 Å². The number of hydrogen-bond donors (Lipinski definition) is 0. The highest BCUT2D eigenvalue weighted by Gasteiger charge is 2.46. The van der Waals surface area contributed by atoms with Gasteiger partial charge in [0.1, 0.15) is 0 Å². The van der Waals surface area contributed by atoms with E-state index in [0.717, 1.165) is 30.4 Å². The minimum atomic E-state index is -3.65. The van der Waals surface area contributed by atoms with Crippen LogP contribution in [-0.4, -0.2) is 25.8 Å². The number of sulfonamides is 1. The highest BCUT2D eigenvalue weighted by molar-refractivity contribution is 7.89. The molecule has 0 bridgehead atoms. The molecule has 37 heavy (non-hydrogen) atoms. The Balaban J connectivity index is 1.23. The number of fused-ring (bicyclic) bond motifs is 1. The van der Waals surface area contributed by atoms with Crippen LogP contribution < -0.4 is 9.47 Å². The Morgan fingerprint density at radius 2 is 1.24 bits per heavy atom. The van der Waals surface area contributed by atoms with Crippen LogP contribution in [0, 0.1) is 5.92 Å². The highest BCUT2D eigenvalue weighted by atomic mass is 32.2. The standard InChI is InChI=1S/C31H29NO4S/c33-37(34,32-20-18-25(19-21-32)22-24-10-4-1-5-11-24)28-16-17-29-30(23-28)36-31(35-29,26-12-6-2-7-13-26)27-14-8-3-9-15-27/h1-17,23,25H,18-22H2. The van der Waals surface area contributed by atoms with Gasteiger partial charge in [-0.25, -0.2) is 8.42 Å². The van der Waals surface area contributed by atoms with Crippen LogP contribution >= 0.6 is 0 Å². The van der Waals surface area contributed by atoms with Gasteiger partial charge >= 0.3 is 5.79 Å². The van der Waals surface area contributed by atoms with Crippen molar-refractivity contribution in [2.24, 2.45) is 5.92 Å². The van der Waals surface area contributed by atoms with E-state index in [1.54, 1.807) is 22.5 Å². The topological polar surface area (TPSA) is 55.8 Å². The van der Waals surface area contributed by atoms with Crippen LogP contribution in [0.4, 0.5) is 0 Å². The second-order valence-electron chi connectivity index (χ2n) is 9.70. The first-order valence-electron chi connectivity index (χ1n) is 12.7. The van der Waals surface area contributed by atoms with Gasteiger partial charge in [-0.05, 0) is 42.9 Å². The monoisotopic (exact) mass is 511 g/mol. The average molecular weight is 512 g/mol. The number of benzene rings is 4. The van der Waals surface area contributed by atoms with Crippen LogP contribution in [0.15, 0.2) is 114 Å². The summed E-state index contributed by atoms with van der Waals surface area (Å²) in [6.07, 6.45) is 2.69. The minimum absolute atomic E-state index is 0.230. The minimum Gasteiger partial charge on any atom is -0.440 e. The van der Waals surface area contributed by atoms with Crippen LogP contribution in [0.2, 0.25) is 0 Å². The molecule has 0 aliphatic carbocycles. The normalized spacial score (nSPS) is 17.5. The molecule has 4 aromatic rings. The third-order valence-corrected chi connectivity index (χ3v) is 9.20. The van der Waals surface area contributed by atoms with Crippen LogP contribution in [0.1, 0.15) is 29.5 Å². The Kier molecular flexibility index (Phi) is 6.22. The molecule has 5 nitrogen and oxygen atoms in total. The van der Waals surface area contributed by atoms with Crippen LogP contribution in [0.3, 0.4) is 0 Å². The Hall–Kier alpha value is -3.61. The van der Waals surface area contributed by atoms with Gasteiger partial charge in [0.25, 0.3) is 0 Å². The lowest BCUT2D eigenvalue weighted by Gasteiger charge is -2.31. The van der Waals surface area contributed by atoms with E-state index in [2.05, 4.69) is 24.3 Å². The van der Waals surface area contributed by atoms with E-state index in [-0.39, 0.29) is 4.90 Å². The van der Waals surface area contributed by atoms with E-state index in [1.165, 1.54) is 5.56 Å². The Morgan fingerprint density at radius 3 is 1.84 bits per heavy atom. The summed E-state index contributed by atoms with van der Waals surface area (Å²) in [5.41, 5.74) is 2.98. The predicted molar refractivity (Wildman–Crippen MR) is 143 cm³/mol. The molecule has 188 valence electrons. The molecule has 0 atom stereocenters. The molecule has 0 aromatic heterocycles. The van der Waals surface area contributed by atoms with Crippen molar-refractivity contribution in [3.63, 3.8) is 0 Å². The molecule has 0 unspecified atom stereocenters. The molecule has 0 N–H and O–H groups in total. The predicted octanol–water partition coefficient (Wildman–Crippen LogP) is 6.00. The Morgan fingerprint density at radius 1 is 0.703 bits per heavy atom. The van der Waals surface area contributed by atoms with Crippen LogP contribution in [0.5, 0.6) is 11.5 Å². The van der Waals surface area contributed by atoms with Crippen molar-refractivity contribution in [1.82, 2.24) is 4.31 Å². The van der Waals surface area contributed by atoms with Crippen molar-refractivity contribution < 1.29 is 17.9 Å². The third kappa shape index (κ3) is 4.52. The molecule has 1 fully saturated rings. The third-order valence-electron chi connectivity index (χ3n) is 7.31. The molecule has 0 amide bonds. The van der Waals surface area contributed by atoms with Gasteiger partial charge in [-0.1, -0.05) is 91.0 Å². The SMILES string of the molecule is O=S(=O)(c1ccc2c(c1)OC(c1ccccc1)(c1ccccc1)O2)N1CCC(Cc2ccccc2)CC1. The molecule has 6 rings (SSSR count). The number of hydrogen-bond acceptors (Lipinski definition) is 4. The highest BCUT2D eigenvalue weighted by Crippen LogP contribution is 2.48. The first-order valence-corrected chi connectivity index (χ1v) is 14.2. The smallest absolute Gasteiger partial charge is 0.305 e. The summed E-state index contributed by atoms with van der Waals surface area (Å²) in [5, 5.41) is 0. The maximum atomic E-state index is 13.6. The molecule has 0 saturated carbocycles. The zero-order valence-electron chi connectivity index (χ0n) is 20.5. The first-order chi connectivity index (χ1) is 18.0. The summed E-state index contributed by atoms with van der Waals surface area (Å²) >= 11 is 0. The van der Waals surface area contributed by atoms with E-state index in [0.29, 0.717) is 30.5 Å². The Labute approximate surface area is 218 Å². The van der Waals surface area contributed by atoms with Gasteiger partial charge in [-0.15, -0.1) is 0 Å². The van der Waals surface area contributed by atoms with Gasteiger partial charge in [0, 0.05) is 30.3 Å². The van der Waals surface area contributed by atoms with E-state index in [1.807, 2.05) is 66.7 Å². The van der Waals surface area contributed by atoms with Crippen LogP contribution in [0.25, 0.3) is 0 Å². The zero-order chi connectivity index (χ0) is 25.3. The molecule has 4 aromatic carbocycles. The number of ether oxygens (including phenoxy) is 2. The van der Waals surface area contributed by atoms with Crippen molar-refractivity contribution >= 4 is 10.0 Å². The lowest BCUT2D eigenvalue weighted by atomic mass is 9.91. The lowest BCUT2D eigenvalue weighted by Crippen LogP contribution is -2.38. The fourth-order valence-electron chi connectivity index (χ4n) is 5.31. The van der Waals surface area contributed by atoms with Crippen molar-refractivity contribution in [2.45, 2.75) is 29.9 Å². The fraction of sp³-hybridized carbons (Fsp3) is 0.226. The summed E-state index contributed by atoms with van der Waals surface area (Å²) in [6.45, 7) is 1.04. The summed E-state index contributed by atoms with van der Waals surface area (Å²) in [4.78, 5) is 0.230. The number of rotatable bonds is 6. The zero-order valence-corrected chi connectivity index (χ0v) is 21.3. The molecular formula is C31H29NO4S. The molecular weight excluding hydrogens is 482 g/mol. The summed E-state index contributed by atoms with van der Waals surface area (Å²) in [6, 6.07) is 34.8. The summed E-state index contributed by atoms with van der Waals surface area (Å²) in [7, 11) is -3.65. The molecule has 0 radical (unpaired) electrons. The van der Waals surface area contributed by atoms with E-state index >= 15 is 0 Å². The molecule has 1 saturated heterocycles. The van der Waals surface area contributed by atoms with Crippen molar-refractivity contribution in [3.05, 3.63) is 126 Å². The second-order valence-corrected chi connectivity index (χ2v) is 11.6. The van der Waals surface area contributed by atoms with E-state index in [4.69, 9.17) is 9.47 Å². The van der Waals surface area contributed by atoms with Gasteiger partial charge in [0.15, 0.2) is 11.5 Å². The van der Waals surface area contributed by atoms with E-state index < -0.39 is 15.8 Å². The maximum absolute atomic E-state index is 13.6. The average Bonchev–Trinajstić information content (AvgIpc) is 3.35. The van der Waals surface area contributed by atoms with Gasteiger partial charge < -0.3 is 9.47 Å². The van der Waals surface area contributed by atoms with E-state index in [9.17, 15) is 8.42 Å². The van der Waals surface area contributed by atoms with Crippen LogP contribution in [-0.2, 0) is 22.2 Å². The number of piperidine rings is 1. The van der Waals surface area contributed by atoms with Crippen molar-refractivity contribution in [3.8, 4) is 11.5 Å². The van der Waals surface area contributed by atoms with Gasteiger partial charge in [0.05, 0.1) is 4.90 Å². The fourth-order valence-corrected chi connectivity index (χ4v) is 6.80. The van der Waals surface area contributed by atoms with Crippen molar-refractivity contribution in [2.75, 3.05) is 13.1 Å². The Bertz CT molecular complexity index is 1430. The second kappa shape index (κ2) is 9.69. The molecule has 2 aliphatic rings. The quantitative estimate of drug-likeness (QED) is 0.319. The number of nitrogens with zero attached hydrogens (tertiary/aromatic N) is 1. The summed E-state index contributed by atoms with van der Waals surface area (Å²) < 4.78 is 41.7. The van der Waals surface area contributed by atoms with Gasteiger partial charge in [-0.3, -0.25) is 0 Å². The summed E-state index contributed by atoms with van der Waals surface area (Å²) in [5.74, 6) is 0.257. The van der Waals surface area contributed by atoms with Crippen molar-refractivity contribution in [1.29, 1.82) is 0 Å².